The van der Waals surface area contributed by atoms with Gasteiger partial charge in [0, 0.05) is 38.8 Å². The van der Waals surface area contributed by atoms with Crippen LogP contribution in [-0.4, -0.2) is 39.1 Å². The lowest BCUT2D eigenvalue weighted by Crippen LogP contribution is -2.37. The highest BCUT2D eigenvalue weighted by atomic mass is 127. The van der Waals surface area contributed by atoms with Gasteiger partial charge in [0.25, 0.3) is 0 Å². The summed E-state index contributed by atoms with van der Waals surface area (Å²) in [7, 11) is 3.47. The molecule has 0 bridgehead atoms. The van der Waals surface area contributed by atoms with Gasteiger partial charge in [-0.25, -0.2) is 0 Å². The summed E-state index contributed by atoms with van der Waals surface area (Å²) in [6, 6.07) is 14.4. The number of rotatable bonds is 7. The molecule has 0 unspecified atom stereocenters. The molecule has 1 amide bonds. The Morgan fingerprint density at radius 3 is 2.57 bits per heavy atom. The van der Waals surface area contributed by atoms with E-state index in [4.69, 9.17) is 4.74 Å². The van der Waals surface area contributed by atoms with Crippen molar-refractivity contribution in [2.75, 3.05) is 32.1 Å². The number of guanidine groups is 1. The maximum atomic E-state index is 11.9. The van der Waals surface area contributed by atoms with E-state index in [0.29, 0.717) is 13.0 Å². The Balaban J connectivity index is 0.00000320. The van der Waals surface area contributed by atoms with Crippen molar-refractivity contribution < 1.29 is 9.53 Å². The van der Waals surface area contributed by atoms with Gasteiger partial charge in [-0.15, -0.1) is 24.0 Å². The third kappa shape index (κ3) is 6.35. The first kappa shape index (κ1) is 24.0. The number of hydrogen-bond donors (Lipinski definition) is 2. The first-order valence-corrected chi connectivity index (χ1v) is 10.1. The average Bonchev–Trinajstić information content (AvgIpc) is 3.17. The maximum absolute atomic E-state index is 11.9. The van der Waals surface area contributed by atoms with Gasteiger partial charge in [-0.2, -0.15) is 0 Å². The van der Waals surface area contributed by atoms with Crippen LogP contribution in [0.5, 0.6) is 5.75 Å². The number of ether oxygens (including phenoxy) is 1. The summed E-state index contributed by atoms with van der Waals surface area (Å²) < 4.78 is 5.44. The fourth-order valence-electron chi connectivity index (χ4n) is 3.54. The highest BCUT2D eigenvalue weighted by Crippen LogP contribution is 2.22. The summed E-state index contributed by atoms with van der Waals surface area (Å²) in [5, 5.41) is 6.69. The molecule has 1 saturated heterocycles. The van der Waals surface area contributed by atoms with Crippen LogP contribution in [0.1, 0.15) is 29.5 Å². The Kier molecular flexibility index (Phi) is 9.42. The SMILES string of the molecule is CN=C(NCCc1cc(C)ccc1OC)NCc1ccc(N2CCCC2=O)cc1.I. The van der Waals surface area contributed by atoms with E-state index in [0.717, 1.165) is 48.9 Å². The summed E-state index contributed by atoms with van der Waals surface area (Å²) in [5.74, 6) is 1.89. The van der Waals surface area contributed by atoms with Crippen molar-refractivity contribution in [3.05, 3.63) is 59.2 Å². The highest BCUT2D eigenvalue weighted by molar-refractivity contribution is 14.0. The van der Waals surface area contributed by atoms with E-state index in [9.17, 15) is 4.79 Å². The van der Waals surface area contributed by atoms with Crippen LogP contribution >= 0.6 is 24.0 Å². The lowest BCUT2D eigenvalue weighted by Gasteiger charge is -2.16. The van der Waals surface area contributed by atoms with Gasteiger partial charge in [0.2, 0.25) is 5.91 Å². The molecule has 162 valence electrons. The predicted molar refractivity (Wildman–Crippen MR) is 133 cm³/mol. The number of halogens is 1. The second-order valence-electron chi connectivity index (χ2n) is 7.23. The molecule has 2 N–H and O–H groups in total. The van der Waals surface area contributed by atoms with Crippen LogP contribution in [0, 0.1) is 6.92 Å². The van der Waals surface area contributed by atoms with E-state index >= 15 is 0 Å². The maximum Gasteiger partial charge on any atom is 0.227 e. The van der Waals surface area contributed by atoms with E-state index in [1.165, 1.54) is 11.1 Å². The molecule has 0 atom stereocenters. The minimum absolute atomic E-state index is 0. The number of hydrogen-bond acceptors (Lipinski definition) is 3. The molecule has 1 heterocycles. The smallest absolute Gasteiger partial charge is 0.227 e. The molecule has 0 aromatic heterocycles. The lowest BCUT2D eigenvalue weighted by atomic mass is 10.1. The van der Waals surface area contributed by atoms with E-state index in [-0.39, 0.29) is 29.9 Å². The van der Waals surface area contributed by atoms with E-state index in [1.54, 1.807) is 14.2 Å². The van der Waals surface area contributed by atoms with Crippen LogP contribution in [0.25, 0.3) is 0 Å². The third-order valence-corrected chi connectivity index (χ3v) is 5.13. The Labute approximate surface area is 196 Å². The van der Waals surface area contributed by atoms with Crippen molar-refractivity contribution in [1.82, 2.24) is 10.6 Å². The van der Waals surface area contributed by atoms with Gasteiger partial charge < -0.3 is 20.3 Å². The second kappa shape index (κ2) is 11.8. The molecule has 3 rings (SSSR count). The molecular weight excluding hydrogens is 491 g/mol. The molecule has 0 radical (unpaired) electrons. The molecule has 0 spiro atoms. The van der Waals surface area contributed by atoms with Crippen molar-refractivity contribution in [2.45, 2.75) is 32.7 Å². The average molecular weight is 522 g/mol. The first-order chi connectivity index (χ1) is 14.1. The molecule has 6 nitrogen and oxygen atoms in total. The second-order valence-corrected chi connectivity index (χ2v) is 7.23. The summed E-state index contributed by atoms with van der Waals surface area (Å²) in [6.07, 6.45) is 2.45. The summed E-state index contributed by atoms with van der Waals surface area (Å²) in [4.78, 5) is 18.0. The number of carbonyl (C=O) groups is 1. The Morgan fingerprint density at radius 1 is 1.17 bits per heavy atom. The molecule has 0 saturated carbocycles. The number of methoxy groups -OCH3 is 1. The molecule has 1 fully saturated rings. The highest BCUT2D eigenvalue weighted by Gasteiger charge is 2.21. The first-order valence-electron chi connectivity index (χ1n) is 10.1. The fourth-order valence-corrected chi connectivity index (χ4v) is 3.54. The summed E-state index contributed by atoms with van der Waals surface area (Å²) in [5.41, 5.74) is 4.53. The predicted octanol–water partition coefficient (Wildman–Crippen LogP) is 3.66. The molecular formula is C23H31IN4O2. The molecule has 0 aliphatic carbocycles. The molecule has 7 heteroatoms. The minimum atomic E-state index is 0. The number of aliphatic imine (C=N–C) groups is 1. The Morgan fingerprint density at radius 2 is 1.93 bits per heavy atom. The van der Waals surface area contributed by atoms with Crippen LogP contribution in [0.2, 0.25) is 0 Å². The van der Waals surface area contributed by atoms with Gasteiger partial charge in [-0.05, 0) is 49.1 Å². The van der Waals surface area contributed by atoms with Crippen LogP contribution in [-0.2, 0) is 17.8 Å². The number of carbonyl (C=O) groups excluding carboxylic acids is 1. The molecule has 1 aliphatic heterocycles. The van der Waals surface area contributed by atoms with E-state index < -0.39 is 0 Å². The van der Waals surface area contributed by atoms with Crippen molar-refractivity contribution in [3.8, 4) is 5.75 Å². The van der Waals surface area contributed by atoms with Crippen LogP contribution in [0.15, 0.2) is 47.5 Å². The van der Waals surface area contributed by atoms with E-state index in [2.05, 4.69) is 46.8 Å². The molecule has 2 aromatic carbocycles. The van der Waals surface area contributed by atoms with Crippen molar-refractivity contribution in [1.29, 1.82) is 0 Å². The zero-order valence-corrected chi connectivity index (χ0v) is 20.2. The molecule has 30 heavy (non-hydrogen) atoms. The van der Waals surface area contributed by atoms with Crippen LogP contribution < -0.4 is 20.3 Å². The normalized spacial score (nSPS) is 13.8. The third-order valence-electron chi connectivity index (χ3n) is 5.13. The minimum Gasteiger partial charge on any atom is -0.496 e. The number of aryl methyl sites for hydroxylation is 1. The van der Waals surface area contributed by atoms with Gasteiger partial charge in [0.15, 0.2) is 5.96 Å². The van der Waals surface area contributed by atoms with Gasteiger partial charge in [-0.3, -0.25) is 9.79 Å². The van der Waals surface area contributed by atoms with Crippen LogP contribution in [0.3, 0.4) is 0 Å². The van der Waals surface area contributed by atoms with Gasteiger partial charge in [0.05, 0.1) is 7.11 Å². The van der Waals surface area contributed by atoms with Crippen molar-refractivity contribution in [2.24, 2.45) is 4.99 Å². The van der Waals surface area contributed by atoms with Gasteiger partial charge >= 0.3 is 0 Å². The topological polar surface area (TPSA) is 66.0 Å². The number of benzene rings is 2. The quantitative estimate of drug-likeness (QED) is 0.331. The monoisotopic (exact) mass is 522 g/mol. The Bertz CT molecular complexity index is 868. The van der Waals surface area contributed by atoms with Crippen LogP contribution in [0.4, 0.5) is 5.69 Å². The summed E-state index contributed by atoms with van der Waals surface area (Å²) in [6.45, 7) is 4.33. The number of nitrogens with zero attached hydrogens (tertiary/aromatic N) is 2. The standard InChI is InChI=1S/C23H30N4O2.HI/c1-17-6-11-21(29-3)19(15-17)12-13-25-23(24-2)26-16-18-7-9-20(10-8-18)27-14-4-5-22(27)28;/h6-11,15H,4-5,12-14,16H2,1-3H3,(H2,24,25,26);1H. The number of anilines is 1. The van der Waals surface area contributed by atoms with E-state index in [1.807, 2.05) is 23.1 Å². The van der Waals surface area contributed by atoms with Crippen molar-refractivity contribution in [3.63, 3.8) is 0 Å². The number of nitrogens with one attached hydrogen (secondary N) is 2. The zero-order chi connectivity index (χ0) is 20.6. The largest absolute Gasteiger partial charge is 0.496 e. The Hall–Kier alpha value is -2.29. The molecule has 2 aromatic rings. The fraction of sp³-hybridized carbons (Fsp3) is 0.391. The molecule has 1 aliphatic rings. The van der Waals surface area contributed by atoms with Crippen molar-refractivity contribution >= 4 is 41.5 Å². The van der Waals surface area contributed by atoms with Gasteiger partial charge in [0.1, 0.15) is 5.75 Å². The number of amides is 1. The van der Waals surface area contributed by atoms with Gasteiger partial charge in [-0.1, -0.05) is 29.8 Å². The summed E-state index contributed by atoms with van der Waals surface area (Å²) >= 11 is 0. The zero-order valence-electron chi connectivity index (χ0n) is 17.9. The lowest BCUT2D eigenvalue weighted by molar-refractivity contribution is -0.117.